The molecule has 2 N–H and O–H groups in total. The molecular weight excluding hydrogens is 306 g/mol. The van der Waals surface area contributed by atoms with E-state index in [9.17, 15) is 8.42 Å². The van der Waals surface area contributed by atoms with Gasteiger partial charge in [0.05, 0.1) is 16.8 Å². The Morgan fingerprint density at radius 3 is 2.81 bits per heavy atom. The highest BCUT2D eigenvalue weighted by Gasteiger charge is 2.17. The molecule has 3 aromatic rings. The summed E-state index contributed by atoms with van der Waals surface area (Å²) in [5.74, 6) is 0. The molecule has 3 rings (SSSR count). The number of hydrogen-bond donors (Lipinski definition) is 2. The molecule has 0 radical (unpaired) electrons. The second-order valence-electron chi connectivity index (χ2n) is 4.56. The Labute approximate surface area is 126 Å². The maximum atomic E-state index is 12.4. The Morgan fingerprint density at radius 2 is 2.10 bits per heavy atom. The van der Waals surface area contributed by atoms with Crippen LogP contribution in [-0.4, -0.2) is 18.6 Å². The summed E-state index contributed by atoms with van der Waals surface area (Å²) in [6.45, 7) is 1.78. The molecule has 2 aromatic heterocycles. The van der Waals surface area contributed by atoms with E-state index in [1.54, 1.807) is 49.0 Å². The summed E-state index contributed by atoms with van der Waals surface area (Å²) in [5.41, 5.74) is 2.20. The predicted molar refractivity (Wildman–Crippen MR) is 83.9 cm³/mol. The zero-order chi connectivity index (χ0) is 14.9. The molecule has 1 aromatic carbocycles. The Hall–Kier alpha value is -2.12. The van der Waals surface area contributed by atoms with Crippen molar-refractivity contribution in [1.82, 2.24) is 10.2 Å². The van der Waals surface area contributed by atoms with Crippen molar-refractivity contribution in [2.75, 3.05) is 4.72 Å². The van der Waals surface area contributed by atoms with Crippen LogP contribution in [0.3, 0.4) is 0 Å². The third-order valence-corrected chi connectivity index (χ3v) is 5.54. The highest BCUT2D eigenvalue weighted by atomic mass is 32.2. The molecule has 0 spiro atoms. The lowest BCUT2D eigenvalue weighted by molar-refractivity contribution is 0.600. The summed E-state index contributed by atoms with van der Waals surface area (Å²) >= 11 is 1.46. The van der Waals surface area contributed by atoms with Crippen molar-refractivity contribution in [1.29, 1.82) is 0 Å². The topological polar surface area (TPSA) is 74.8 Å². The minimum Gasteiger partial charge on any atom is -0.285 e. The average molecular weight is 319 g/mol. The zero-order valence-electron chi connectivity index (χ0n) is 11.2. The molecule has 0 aliphatic rings. The van der Waals surface area contributed by atoms with Gasteiger partial charge in [-0.3, -0.25) is 9.82 Å². The molecule has 0 atom stereocenters. The SMILES string of the molecule is Cc1ccccc1S(=O)(=O)Nc1csc(-c2cn[nH]c2)c1. The number of aromatic amines is 1. The highest BCUT2D eigenvalue weighted by Crippen LogP contribution is 2.30. The summed E-state index contributed by atoms with van der Waals surface area (Å²) in [4.78, 5) is 1.24. The molecule has 7 heteroatoms. The van der Waals surface area contributed by atoms with Gasteiger partial charge in [0, 0.05) is 22.0 Å². The zero-order valence-corrected chi connectivity index (χ0v) is 12.8. The van der Waals surface area contributed by atoms with Gasteiger partial charge in [0.25, 0.3) is 10.0 Å². The standard InChI is InChI=1S/C14H13N3O2S2/c1-10-4-2-3-5-14(10)21(18,19)17-12-6-13(20-9-12)11-7-15-16-8-11/h2-9,17H,1H3,(H,15,16). The summed E-state index contributed by atoms with van der Waals surface area (Å²) in [7, 11) is -3.57. The number of sulfonamides is 1. The van der Waals surface area contributed by atoms with Gasteiger partial charge in [0.2, 0.25) is 0 Å². The van der Waals surface area contributed by atoms with E-state index in [0.29, 0.717) is 10.6 Å². The molecule has 108 valence electrons. The number of benzene rings is 1. The van der Waals surface area contributed by atoms with Crippen LogP contribution in [0.1, 0.15) is 5.56 Å². The van der Waals surface area contributed by atoms with Crippen LogP contribution in [0.25, 0.3) is 10.4 Å². The van der Waals surface area contributed by atoms with E-state index in [4.69, 9.17) is 0 Å². The molecule has 21 heavy (non-hydrogen) atoms. The molecule has 5 nitrogen and oxygen atoms in total. The fourth-order valence-electron chi connectivity index (χ4n) is 1.99. The van der Waals surface area contributed by atoms with Gasteiger partial charge in [0.15, 0.2) is 0 Å². The second kappa shape index (κ2) is 5.34. The van der Waals surface area contributed by atoms with Gasteiger partial charge in [-0.1, -0.05) is 18.2 Å². The van der Waals surface area contributed by atoms with E-state index in [1.165, 1.54) is 11.3 Å². The number of aryl methyl sites for hydroxylation is 1. The lowest BCUT2D eigenvalue weighted by atomic mass is 10.2. The Kier molecular flexibility index (Phi) is 3.52. The van der Waals surface area contributed by atoms with Crippen LogP contribution in [0.5, 0.6) is 0 Å². The van der Waals surface area contributed by atoms with Gasteiger partial charge in [-0.05, 0) is 24.6 Å². The number of H-pyrrole nitrogens is 1. The number of thiophene rings is 1. The molecule has 0 amide bonds. The minimum atomic E-state index is -3.57. The van der Waals surface area contributed by atoms with Crippen molar-refractivity contribution < 1.29 is 8.42 Å². The van der Waals surface area contributed by atoms with Gasteiger partial charge in [-0.25, -0.2) is 8.42 Å². The molecule has 0 fully saturated rings. The molecule has 0 aliphatic heterocycles. The van der Waals surface area contributed by atoms with Crippen LogP contribution in [0.4, 0.5) is 5.69 Å². The first-order valence-corrected chi connectivity index (χ1v) is 8.59. The smallest absolute Gasteiger partial charge is 0.262 e. The first-order valence-electron chi connectivity index (χ1n) is 6.22. The number of nitrogens with one attached hydrogen (secondary N) is 2. The minimum absolute atomic E-state index is 0.293. The molecule has 2 heterocycles. The van der Waals surface area contributed by atoms with Crippen LogP contribution in [0.15, 0.2) is 53.0 Å². The molecule has 0 aliphatic carbocycles. The quantitative estimate of drug-likeness (QED) is 0.775. The van der Waals surface area contributed by atoms with Crippen LogP contribution >= 0.6 is 11.3 Å². The van der Waals surface area contributed by atoms with Gasteiger partial charge >= 0.3 is 0 Å². The fourth-order valence-corrected chi connectivity index (χ4v) is 4.18. The van der Waals surface area contributed by atoms with Crippen molar-refractivity contribution in [3.63, 3.8) is 0 Å². The highest BCUT2D eigenvalue weighted by molar-refractivity contribution is 7.92. The van der Waals surface area contributed by atoms with E-state index in [-0.39, 0.29) is 0 Å². The number of rotatable bonds is 4. The van der Waals surface area contributed by atoms with Gasteiger partial charge in [-0.15, -0.1) is 11.3 Å². The first kappa shape index (κ1) is 13.8. The Morgan fingerprint density at radius 1 is 1.29 bits per heavy atom. The normalized spacial score (nSPS) is 11.5. The molecular formula is C14H13N3O2S2. The Balaban J connectivity index is 1.88. The van der Waals surface area contributed by atoms with E-state index >= 15 is 0 Å². The number of anilines is 1. The van der Waals surface area contributed by atoms with Crippen molar-refractivity contribution in [3.8, 4) is 10.4 Å². The summed E-state index contributed by atoms with van der Waals surface area (Å²) in [5, 5.41) is 8.40. The number of aromatic nitrogens is 2. The third-order valence-electron chi connectivity index (χ3n) is 3.02. The van der Waals surface area contributed by atoms with Gasteiger partial charge < -0.3 is 0 Å². The monoisotopic (exact) mass is 319 g/mol. The van der Waals surface area contributed by atoms with Crippen molar-refractivity contribution in [2.24, 2.45) is 0 Å². The van der Waals surface area contributed by atoms with Crippen molar-refractivity contribution in [3.05, 3.63) is 53.7 Å². The fraction of sp³-hybridized carbons (Fsp3) is 0.0714. The molecule has 0 saturated heterocycles. The molecule has 0 unspecified atom stereocenters. The van der Waals surface area contributed by atoms with Gasteiger partial charge in [0.1, 0.15) is 0 Å². The average Bonchev–Trinajstić information content (AvgIpc) is 3.09. The first-order chi connectivity index (χ1) is 10.1. The van der Waals surface area contributed by atoms with Gasteiger partial charge in [-0.2, -0.15) is 5.10 Å². The van der Waals surface area contributed by atoms with Crippen LogP contribution in [0.2, 0.25) is 0 Å². The van der Waals surface area contributed by atoms with E-state index in [1.807, 2.05) is 6.07 Å². The summed E-state index contributed by atoms with van der Waals surface area (Å²) in [6.07, 6.45) is 3.47. The lowest BCUT2D eigenvalue weighted by Gasteiger charge is -2.08. The number of hydrogen-bond acceptors (Lipinski definition) is 4. The van der Waals surface area contributed by atoms with Crippen molar-refractivity contribution >= 4 is 27.0 Å². The summed E-state index contributed by atoms with van der Waals surface area (Å²) in [6, 6.07) is 8.70. The van der Waals surface area contributed by atoms with E-state index in [0.717, 1.165) is 16.0 Å². The molecule has 0 bridgehead atoms. The van der Waals surface area contributed by atoms with Crippen LogP contribution in [-0.2, 0) is 10.0 Å². The second-order valence-corrected chi connectivity index (χ2v) is 7.12. The Bertz CT molecular complexity index is 852. The third kappa shape index (κ3) is 2.84. The number of nitrogens with zero attached hydrogens (tertiary/aromatic N) is 1. The lowest BCUT2D eigenvalue weighted by Crippen LogP contribution is -2.13. The molecule has 0 saturated carbocycles. The maximum absolute atomic E-state index is 12.4. The van der Waals surface area contributed by atoms with Crippen LogP contribution < -0.4 is 4.72 Å². The predicted octanol–water partition coefficient (Wildman–Crippen LogP) is 3.25. The van der Waals surface area contributed by atoms with Crippen LogP contribution in [0, 0.1) is 6.92 Å². The largest absolute Gasteiger partial charge is 0.285 e. The van der Waals surface area contributed by atoms with Crippen molar-refractivity contribution in [2.45, 2.75) is 11.8 Å². The van der Waals surface area contributed by atoms with E-state index < -0.39 is 10.0 Å². The summed E-state index contributed by atoms with van der Waals surface area (Å²) < 4.78 is 27.4. The van der Waals surface area contributed by atoms with E-state index in [2.05, 4.69) is 14.9 Å². The maximum Gasteiger partial charge on any atom is 0.262 e.